The Kier molecular flexibility index (Phi) is 4.68. The first-order chi connectivity index (χ1) is 7.65. The molecule has 1 heterocycles. The van der Waals surface area contributed by atoms with Gasteiger partial charge in [0.25, 0.3) is 0 Å². The zero-order chi connectivity index (χ0) is 11.5. The summed E-state index contributed by atoms with van der Waals surface area (Å²) in [6.45, 7) is 0. The lowest BCUT2D eigenvalue weighted by molar-refractivity contribution is 1.08. The maximum atomic E-state index is 5.79. The van der Waals surface area contributed by atoms with E-state index in [1.807, 2.05) is 12.1 Å². The van der Waals surface area contributed by atoms with E-state index in [9.17, 15) is 0 Å². The van der Waals surface area contributed by atoms with E-state index < -0.39 is 0 Å². The van der Waals surface area contributed by atoms with Gasteiger partial charge in [-0.3, -0.25) is 0 Å². The van der Waals surface area contributed by atoms with Crippen LogP contribution < -0.4 is 11.5 Å². The van der Waals surface area contributed by atoms with E-state index in [2.05, 4.69) is 15.2 Å². The minimum Gasteiger partial charge on any atom is -0.370 e. The summed E-state index contributed by atoms with van der Waals surface area (Å²) in [7, 11) is 0. The third kappa shape index (κ3) is 3.55. The highest BCUT2D eigenvalue weighted by Gasteiger charge is 2.05. The molecule has 2 aromatic rings. The number of benzene rings is 1. The molecule has 4 N–H and O–H groups in total. The fraction of sp³-hybridized carbons (Fsp3) is 0. The molecule has 0 aliphatic carbocycles. The van der Waals surface area contributed by atoms with Gasteiger partial charge in [0, 0.05) is 10.6 Å². The van der Waals surface area contributed by atoms with E-state index in [1.54, 1.807) is 12.1 Å². The normalized spacial score (nSPS) is 9.47. The second-order valence-electron chi connectivity index (χ2n) is 2.93. The SMILES string of the molecule is Cl.NC(N)=Nc1nnc(-c2ccc(Cl)cc2)s1. The molecule has 0 atom stereocenters. The summed E-state index contributed by atoms with van der Waals surface area (Å²) < 4.78 is 0. The van der Waals surface area contributed by atoms with Crippen LogP contribution in [0.3, 0.4) is 0 Å². The average molecular weight is 290 g/mol. The molecule has 1 aromatic carbocycles. The lowest BCUT2D eigenvalue weighted by Crippen LogP contribution is -2.21. The Hall–Kier alpha value is -1.37. The second kappa shape index (κ2) is 5.81. The standard InChI is InChI=1S/C9H8ClN5S.ClH/c10-6-3-1-5(2-4-6)7-14-15-9(16-7)13-8(11)12;/h1-4H,(H4,11,12,13,15);1H. The van der Waals surface area contributed by atoms with Gasteiger partial charge in [-0.25, -0.2) is 0 Å². The van der Waals surface area contributed by atoms with Crippen molar-refractivity contribution in [3.63, 3.8) is 0 Å². The van der Waals surface area contributed by atoms with Crippen molar-refractivity contribution in [2.45, 2.75) is 0 Å². The minimum absolute atomic E-state index is 0. The highest BCUT2D eigenvalue weighted by molar-refractivity contribution is 7.18. The lowest BCUT2D eigenvalue weighted by atomic mass is 10.2. The monoisotopic (exact) mass is 289 g/mol. The van der Waals surface area contributed by atoms with Crippen molar-refractivity contribution in [1.82, 2.24) is 10.2 Å². The predicted octanol–water partition coefficient (Wildman–Crippen LogP) is 2.19. The van der Waals surface area contributed by atoms with Gasteiger partial charge in [0.1, 0.15) is 5.01 Å². The molecule has 2 rings (SSSR count). The minimum atomic E-state index is -0.0289. The molecule has 0 saturated carbocycles. The maximum absolute atomic E-state index is 5.79. The van der Waals surface area contributed by atoms with E-state index >= 15 is 0 Å². The molecule has 1 aromatic heterocycles. The zero-order valence-corrected chi connectivity index (χ0v) is 10.9. The Balaban J connectivity index is 0.00000144. The van der Waals surface area contributed by atoms with Crippen molar-refractivity contribution in [3.05, 3.63) is 29.3 Å². The maximum Gasteiger partial charge on any atom is 0.235 e. The number of rotatable bonds is 2. The van der Waals surface area contributed by atoms with E-state index in [4.69, 9.17) is 23.1 Å². The number of hydrogen-bond acceptors (Lipinski definition) is 4. The van der Waals surface area contributed by atoms with Crippen molar-refractivity contribution >= 4 is 46.4 Å². The molecule has 90 valence electrons. The number of halogens is 2. The number of nitrogens with two attached hydrogens (primary N) is 2. The van der Waals surface area contributed by atoms with Gasteiger partial charge in [0.15, 0.2) is 5.96 Å². The first kappa shape index (κ1) is 13.7. The Morgan fingerprint density at radius 1 is 1.18 bits per heavy atom. The van der Waals surface area contributed by atoms with Gasteiger partial charge < -0.3 is 11.5 Å². The van der Waals surface area contributed by atoms with Crippen LogP contribution in [-0.4, -0.2) is 16.2 Å². The summed E-state index contributed by atoms with van der Waals surface area (Å²) in [5.74, 6) is -0.0289. The van der Waals surface area contributed by atoms with Crippen molar-refractivity contribution in [2.75, 3.05) is 0 Å². The van der Waals surface area contributed by atoms with E-state index in [1.165, 1.54) is 11.3 Å². The van der Waals surface area contributed by atoms with Gasteiger partial charge in [-0.05, 0) is 12.1 Å². The highest BCUT2D eigenvalue weighted by atomic mass is 35.5. The van der Waals surface area contributed by atoms with Crippen LogP contribution in [0, 0.1) is 0 Å². The lowest BCUT2D eigenvalue weighted by Gasteiger charge is -1.93. The first-order valence-corrected chi connectivity index (χ1v) is 5.53. The fourth-order valence-electron chi connectivity index (χ4n) is 1.08. The van der Waals surface area contributed by atoms with E-state index in [-0.39, 0.29) is 18.4 Å². The van der Waals surface area contributed by atoms with Crippen LogP contribution in [0.2, 0.25) is 5.02 Å². The Morgan fingerprint density at radius 3 is 2.41 bits per heavy atom. The molecule has 8 heteroatoms. The largest absolute Gasteiger partial charge is 0.370 e. The van der Waals surface area contributed by atoms with Crippen LogP contribution in [0.5, 0.6) is 0 Å². The zero-order valence-electron chi connectivity index (χ0n) is 8.50. The molecule has 0 spiro atoms. The first-order valence-electron chi connectivity index (χ1n) is 4.34. The Labute approximate surface area is 113 Å². The van der Waals surface area contributed by atoms with Gasteiger partial charge in [-0.2, -0.15) is 4.99 Å². The molecule has 0 amide bonds. The molecule has 0 radical (unpaired) electrons. The summed E-state index contributed by atoms with van der Waals surface area (Å²) in [6, 6.07) is 7.31. The van der Waals surface area contributed by atoms with Crippen LogP contribution >= 0.6 is 35.3 Å². The Morgan fingerprint density at radius 2 is 1.82 bits per heavy atom. The molecule has 0 bridgehead atoms. The molecule has 0 unspecified atom stereocenters. The quantitative estimate of drug-likeness (QED) is 0.655. The van der Waals surface area contributed by atoms with E-state index in [0.29, 0.717) is 10.2 Å². The third-order valence-electron chi connectivity index (χ3n) is 1.73. The van der Waals surface area contributed by atoms with Gasteiger partial charge in [-0.1, -0.05) is 35.1 Å². The van der Waals surface area contributed by atoms with Crippen molar-refractivity contribution in [2.24, 2.45) is 16.5 Å². The summed E-state index contributed by atoms with van der Waals surface area (Å²) in [4.78, 5) is 3.81. The Bertz CT molecular complexity index is 518. The molecular formula is C9H9Cl2N5S. The molecule has 0 aliphatic heterocycles. The smallest absolute Gasteiger partial charge is 0.235 e. The van der Waals surface area contributed by atoms with E-state index in [0.717, 1.165) is 10.6 Å². The third-order valence-corrected chi connectivity index (χ3v) is 2.85. The van der Waals surface area contributed by atoms with Gasteiger partial charge in [-0.15, -0.1) is 22.6 Å². The van der Waals surface area contributed by atoms with Crippen molar-refractivity contribution in [1.29, 1.82) is 0 Å². The molecule has 0 aliphatic rings. The number of aromatic nitrogens is 2. The number of aliphatic imine (C=N–C) groups is 1. The van der Waals surface area contributed by atoms with Gasteiger partial charge in [0.05, 0.1) is 0 Å². The average Bonchev–Trinajstić information content (AvgIpc) is 2.66. The van der Waals surface area contributed by atoms with Crippen molar-refractivity contribution < 1.29 is 0 Å². The number of hydrogen-bond donors (Lipinski definition) is 2. The van der Waals surface area contributed by atoms with Crippen molar-refractivity contribution in [3.8, 4) is 10.6 Å². The molecular weight excluding hydrogens is 281 g/mol. The number of nitrogens with zero attached hydrogens (tertiary/aromatic N) is 3. The second-order valence-corrected chi connectivity index (χ2v) is 4.33. The van der Waals surface area contributed by atoms with Crippen LogP contribution in [0.25, 0.3) is 10.6 Å². The van der Waals surface area contributed by atoms with Crippen LogP contribution in [0.1, 0.15) is 0 Å². The predicted molar refractivity (Wildman–Crippen MR) is 73.1 cm³/mol. The molecule has 0 fully saturated rings. The highest BCUT2D eigenvalue weighted by Crippen LogP contribution is 2.28. The summed E-state index contributed by atoms with van der Waals surface area (Å²) >= 11 is 7.09. The topological polar surface area (TPSA) is 90.2 Å². The summed E-state index contributed by atoms with van der Waals surface area (Å²) in [5, 5.41) is 9.68. The van der Waals surface area contributed by atoms with Crippen LogP contribution in [0.4, 0.5) is 5.13 Å². The fourth-order valence-corrected chi connectivity index (χ4v) is 1.95. The summed E-state index contributed by atoms with van der Waals surface area (Å²) in [6.07, 6.45) is 0. The molecule has 0 saturated heterocycles. The van der Waals surface area contributed by atoms with Gasteiger partial charge in [0.2, 0.25) is 5.13 Å². The van der Waals surface area contributed by atoms with Crippen LogP contribution in [-0.2, 0) is 0 Å². The molecule has 5 nitrogen and oxygen atoms in total. The van der Waals surface area contributed by atoms with Crippen LogP contribution in [0.15, 0.2) is 29.3 Å². The number of guanidine groups is 1. The van der Waals surface area contributed by atoms with Gasteiger partial charge >= 0.3 is 0 Å². The summed E-state index contributed by atoms with van der Waals surface area (Å²) in [5.41, 5.74) is 11.4. The molecule has 17 heavy (non-hydrogen) atoms.